The summed E-state index contributed by atoms with van der Waals surface area (Å²) in [6.45, 7) is 0.312. The fraction of sp³-hybridized carbons (Fsp3) is 0.333. The van der Waals surface area contributed by atoms with Crippen molar-refractivity contribution in [3.05, 3.63) is 48.3 Å². The zero-order chi connectivity index (χ0) is 16.4. The van der Waals surface area contributed by atoms with Gasteiger partial charge in [0.2, 0.25) is 0 Å². The number of sulfone groups is 1. The molecule has 8 heteroatoms. The highest BCUT2D eigenvalue weighted by atomic mass is 32.2. The normalized spacial score (nSPS) is 19.6. The Bertz CT molecular complexity index is 815. The minimum atomic E-state index is -2.96. The van der Waals surface area contributed by atoms with Crippen LogP contribution < -0.4 is 5.32 Å². The summed E-state index contributed by atoms with van der Waals surface area (Å²) in [5.74, 6) is -0.449. The summed E-state index contributed by atoms with van der Waals surface area (Å²) in [6.07, 6.45) is 3.46. The lowest BCUT2D eigenvalue weighted by Crippen LogP contribution is -2.31. The molecule has 1 aliphatic heterocycles. The Morgan fingerprint density at radius 3 is 2.74 bits per heavy atom. The van der Waals surface area contributed by atoms with Crippen LogP contribution in [0.2, 0.25) is 0 Å². The number of aromatic nitrogens is 2. The summed E-state index contributed by atoms with van der Waals surface area (Å²) in [5.41, 5.74) is 0.940. The van der Waals surface area contributed by atoms with E-state index < -0.39 is 9.84 Å². The molecule has 2 aromatic rings. The molecular formula is C15H16FN3O3S. The number of nitrogens with zero attached hydrogens (tertiary/aromatic N) is 2. The van der Waals surface area contributed by atoms with Crippen LogP contribution in [0.1, 0.15) is 16.9 Å². The molecule has 0 aliphatic carbocycles. The first kappa shape index (κ1) is 15.7. The van der Waals surface area contributed by atoms with E-state index >= 15 is 0 Å². The third kappa shape index (κ3) is 3.58. The first-order valence-corrected chi connectivity index (χ1v) is 9.04. The molecule has 122 valence electrons. The van der Waals surface area contributed by atoms with Crippen molar-refractivity contribution in [1.29, 1.82) is 0 Å². The Labute approximate surface area is 133 Å². The number of carbonyl (C=O) groups is 1. The monoisotopic (exact) mass is 337 g/mol. The Kier molecular flexibility index (Phi) is 4.16. The number of benzene rings is 1. The van der Waals surface area contributed by atoms with Crippen LogP contribution in [0.5, 0.6) is 0 Å². The zero-order valence-electron chi connectivity index (χ0n) is 12.3. The minimum absolute atomic E-state index is 0.0499. The lowest BCUT2D eigenvalue weighted by atomic mass is 10.1. The first-order valence-electron chi connectivity index (χ1n) is 7.21. The average Bonchev–Trinajstić information content (AvgIpc) is 3.12. The van der Waals surface area contributed by atoms with Gasteiger partial charge in [0.25, 0.3) is 5.91 Å². The molecule has 1 aromatic heterocycles. The molecular weight excluding hydrogens is 321 g/mol. The van der Waals surface area contributed by atoms with Crippen molar-refractivity contribution in [1.82, 2.24) is 14.9 Å². The number of hydrogen-bond donors (Lipinski definition) is 1. The average molecular weight is 337 g/mol. The van der Waals surface area contributed by atoms with Gasteiger partial charge in [0.15, 0.2) is 9.84 Å². The highest BCUT2D eigenvalue weighted by Crippen LogP contribution is 2.18. The van der Waals surface area contributed by atoms with E-state index in [1.807, 2.05) is 0 Å². The number of nitrogens with one attached hydrogen (secondary N) is 1. The molecule has 1 saturated heterocycles. The van der Waals surface area contributed by atoms with Gasteiger partial charge in [-0.2, -0.15) is 0 Å². The predicted octanol–water partition coefficient (Wildman–Crippen LogP) is 1.18. The van der Waals surface area contributed by atoms with Gasteiger partial charge in [-0.15, -0.1) is 0 Å². The van der Waals surface area contributed by atoms with E-state index in [0.29, 0.717) is 24.3 Å². The summed E-state index contributed by atoms with van der Waals surface area (Å²) < 4.78 is 37.4. The Balaban J connectivity index is 1.69. The van der Waals surface area contributed by atoms with Crippen molar-refractivity contribution < 1.29 is 17.6 Å². The molecule has 1 amide bonds. The topological polar surface area (TPSA) is 81.1 Å². The van der Waals surface area contributed by atoms with Crippen LogP contribution in [-0.4, -0.2) is 41.9 Å². The third-order valence-corrected chi connectivity index (χ3v) is 5.69. The number of rotatable bonds is 4. The lowest BCUT2D eigenvalue weighted by molar-refractivity contribution is 0.0941. The molecule has 1 aliphatic rings. The molecule has 1 N–H and O–H groups in total. The van der Waals surface area contributed by atoms with Crippen molar-refractivity contribution in [3.63, 3.8) is 0 Å². The van der Waals surface area contributed by atoms with Crippen LogP contribution in [0, 0.1) is 11.7 Å². The Hall–Kier alpha value is -2.22. The highest BCUT2D eigenvalue weighted by Gasteiger charge is 2.28. The van der Waals surface area contributed by atoms with E-state index in [9.17, 15) is 17.6 Å². The molecule has 6 nitrogen and oxygen atoms in total. The zero-order valence-corrected chi connectivity index (χ0v) is 13.1. The van der Waals surface area contributed by atoms with Gasteiger partial charge in [-0.3, -0.25) is 9.36 Å². The van der Waals surface area contributed by atoms with Gasteiger partial charge in [0.1, 0.15) is 11.5 Å². The number of imidazole rings is 1. The van der Waals surface area contributed by atoms with E-state index in [1.54, 1.807) is 16.7 Å². The summed E-state index contributed by atoms with van der Waals surface area (Å²) >= 11 is 0. The van der Waals surface area contributed by atoms with Crippen molar-refractivity contribution in [2.75, 3.05) is 18.1 Å². The van der Waals surface area contributed by atoms with Gasteiger partial charge in [-0.05, 0) is 36.6 Å². The van der Waals surface area contributed by atoms with Crippen LogP contribution in [0.4, 0.5) is 4.39 Å². The second-order valence-electron chi connectivity index (χ2n) is 5.60. The fourth-order valence-corrected chi connectivity index (χ4v) is 4.49. The van der Waals surface area contributed by atoms with Crippen LogP contribution in [0.15, 0.2) is 36.8 Å². The summed E-state index contributed by atoms with van der Waals surface area (Å²) in [6, 6.07) is 5.72. The molecule has 0 saturated carbocycles. The van der Waals surface area contributed by atoms with Crippen molar-refractivity contribution >= 4 is 15.7 Å². The standard InChI is InChI=1S/C15H16FN3O3S/c16-12-1-3-13(4-2-12)19-10-17-8-14(19)15(20)18-7-11-5-6-23(21,22)9-11/h1-4,8,10-11H,5-7,9H2,(H,18,20)/t11-/m0/s1. The number of halogens is 1. The smallest absolute Gasteiger partial charge is 0.269 e. The van der Waals surface area contributed by atoms with E-state index in [-0.39, 0.29) is 29.1 Å². The summed E-state index contributed by atoms with van der Waals surface area (Å²) in [4.78, 5) is 16.2. The molecule has 3 rings (SSSR count). The second kappa shape index (κ2) is 6.11. The van der Waals surface area contributed by atoms with E-state index in [4.69, 9.17) is 0 Å². The van der Waals surface area contributed by atoms with Gasteiger partial charge in [0, 0.05) is 12.2 Å². The first-order chi connectivity index (χ1) is 10.9. The molecule has 2 heterocycles. The van der Waals surface area contributed by atoms with Gasteiger partial charge < -0.3 is 5.32 Å². The van der Waals surface area contributed by atoms with Gasteiger partial charge >= 0.3 is 0 Å². The van der Waals surface area contributed by atoms with Crippen LogP contribution in [0.3, 0.4) is 0 Å². The van der Waals surface area contributed by atoms with Crippen LogP contribution >= 0.6 is 0 Å². The van der Waals surface area contributed by atoms with E-state index in [0.717, 1.165) is 0 Å². The van der Waals surface area contributed by atoms with Crippen molar-refractivity contribution in [2.45, 2.75) is 6.42 Å². The quantitative estimate of drug-likeness (QED) is 0.908. The molecule has 1 aromatic carbocycles. The number of hydrogen-bond acceptors (Lipinski definition) is 4. The molecule has 23 heavy (non-hydrogen) atoms. The van der Waals surface area contributed by atoms with Crippen LogP contribution in [0.25, 0.3) is 5.69 Å². The molecule has 1 atom stereocenters. The molecule has 0 unspecified atom stereocenters. The maximum absolute atomic E-state index is 13.0. The fourth-order valence-electron chi connectivity index (χ4n) is 2.63. The van der Waals surface area contributed by atoms with Crippen molar-refractivity contribution in [3.8, 4) is 5.69 Å². The number of amides is 1. The van der Waals surface area contributed by atoms with Crippen molar-refractivity contribution in [2.24, 2.45) is 5.92 Å². The minimum Gasteiger partial charge on any atom is -0.350 e. The van der Waals surface area contributed by atoms with E-state index in [2.05, 4.69) is 10.3 Å². The Morgan fingerprint density at radius 1 is 1.35 bits per heavy atom. The van der Waals surface area contributed by atoms with Gasteiger partial charge in [-0.1, -0.05) is 0 Å². The summed E-state index contributed by atoms with van der Waals surface area (Å²) in [5, 5.41) is 2.75. The molecule has 0 bridgehead atoms. The van der Waals surface area contributed by atoms with Gasteiger partial charge in [0.05, 0.1) is 24.0 Å². The lowest BCUT2D eigenvalue weighted by Gasteiger charge is -2.11. The second-order valence-corrected chi connectivity index (χ2v) is 7.83. The SMILES string of the molecule is O=C(NC[C@@H]1CCS(=O)(=O)C1)c1cncn1-c1ccc(F)cc1. The van der Waals surface area contributed by atoms with E-state index in [1.165, 1.54) is 24.7 Å². The molecule has 1 fully saturated rings. The molecule has 0 radical (unpaired) electrons. The predicted molar refractivity (Wildman–Crippen MR) is 82.6 cm³/mol. The third-order valence-electron chi connectivity index (χ3n) is 3.85. The largest absolute Gasteiger partial charge is 0.350 e. The van der Waals surface area contributed by atoms with Crippen LogP contribution in [-0.2, 0) is 9.84 Å². The highest BCUT2D eigenvalue weighted by molar-refractivity contribution is 7.91. The summed E-state index contributed by atoms with van der Waals surface area (Å²) in [7, 11) is -2.96. The Morgan fingerprint density at radius 2 is 2.09 bits per heavy atom. The van der Waals surface area contributed by atoms with Gasteiger partial charge in [-0.25, -0.2) is 17.8 Å². The maximum Gasteiger partial charge on any atom is 0.269 e. The number of carbonyl (C=O) groups excluding carboxylic acids is 1. The molecule has 0 spiro atoms. The maximum atomic E-state index is 13.0.